The highest BCUT2D eigenvalue weighted by atomic mass is 32.2. The molecule has 1 fully saturated rings. The highest BCUT2D eigenvalue weighted by Gasteiger charge is 2.44. The van der Waals surface area contributed by atoms with Crippen molar-refractivity contribution in [3.63, 3.8) is 0 Å². The molecular formula is C12H18N2O5S2. The Bertz CT molecular complexity index is 688. The van der Waals surface area contributed by atoms with E-state index in [-0.39, 0.29) is 23.7 Å². The molecule has 3 N–H and O–H groups in total. The molecule has 1 saturated heterocycles. The first-order valence-electron chi connectivity index (χ1n) is 6.43. The molecule has 1 aromatic rings. The number of aliphatic hydroxyl groups is 1. The van der Waals surface area contributed by atoms with Crippen molar-refractivity contribution in [1.29, 1.82) is 0 Å². The molecule has 1 heterocycles. The van der Waals surface area contributed by atoms with Crippen LogP contribution in [-0.2, 0) is 19.9 Å². The van der Waals surface area contributed by atoms with E-state index < -0.39 is 37.8 Å². The SMILES string of the molecule is NCCN([C@@H]1CS(=O)(=O)C[C@@H]1O)S(=O)(=O)c1ccccc1. The molecule has 0 spiro atoms. The van der Waals surface area contributed by atoms with E-state index in [2.05, 4.69) is 0 Å². The molecule has 7 nitrogen and oxygen atoms in total. The van der Waals surface area contributed by atoms with Gasteiger partial charge in [-0.1, -0.05) is 18.2 Å². The summed E-state index contributed by atoms with van der Waals surface area (Å²) in [5, 5.41) is 9.91. The molecule has 2 rings (SSSR count). The van der Waals surface area contributed by atoms with E-state index in [1.165, 1.54) is 12.1 Å². The van der Waals surface area contributed by atoms with Crippen LogP contribution in [0.1, 0.15) is 0 Å². The Labute approximate surface area is 124 Å². The fourth-order valence-corrected chi connectivity index (χ4v) is 5.99. The summed E-state index contributed by atoms with van der Waals surface area (Å²) in [6.07, 6.45) is -1.24. The van der Waals surface area contributed by atoms with Gasteiger partial charge in [0, 0.05) is 13.1 Å². The molecule has 0 aromatic heterocycles. The highest BCUT2D eigenvalue weighted by molar-refractivity contribution is 7.92. The zero-order valence-corrected chi connectivity index (χ0v) is 12.9. The van der Waals surface area contributed by atoms with Crippen molar-refractivity contribution < 1.29 is 21.9 Å². The van der Waals surface area contributed by atoms with Crippen LogP contribution in [0.2, 0.25) is 0 Å². The van der Waals surface area contributed by atoms with Gasteiger partial charge in [-0.05, 0) is 12.1 Å². The van der Waals surface area contributed by atoms with Gasteiger partial charge < -0.3 is 10.8 Å². The monoisotopic (exact) mass is 334 g/mol. The molecule has 0 amide bonds. The number of sulfonamides is 1. The van der Waals surface area contributed by atoms with Crippen molar-refractivity contribution in [3.05, 3.63) is 30.3 Å². The average Bonchev–Trinajstić information content (AvgIpc) is 2.70. The Balaban J connectivity index is 2.40. The number of nitrogens with zero attached hydrogens (tertiary/aromatic N) is 1. The topological polar surface area (TPSA) is 118 Å². The van der Waals surface area contributed by atoms with Gasteiger partial charge in [0.15, 0.2) is 9.84 Å². The van der Waals surface area contributed by atoms with Crippen LogP contribution >= 0.6 is 0 Å². The van der Waals surface area contributed by atoms with Crippen molar-refractivity contribution in [3.8, 4) is 0 Å². The number of nitrogens with two attached hydrogens (primary N) is 1. The minimum absolute atomic E-state index is 0.0370. The minimum atomic E-state index is -3.90. The zero-order valence-electron chi connectivity index (χ0n) is 11.3. The lowest BCUT2D eigenvalue weighted by molar-refractivity contribution is 0.129. The standard InChI is InChI=1S/C12H18N2O5S2/c13-6-7-14(11-8-20(16,17)9-12(11)15)21(18,19)10-4-2-1-3-5-10/h1-5,11-12,15H,6-9,13H2/t11-,12+/m1/s1. The molecule has 9 heteroatoms. The number of benzene rings is 1. The van der Waals surface area contributed by atoms with Crippen molar-refractivity contribution in [2.45, 2.75) is 17.0 Å². The molecule has 1 aromatic carbocycles. The molecule has 21 heavy (non-hydrogen) atoms. The zero-order chi connectivity index (χ0) is 15.7. The van der Waals surface area contributed by atoms with Gasteiger partial charge in [-0.25, -0.2) is 16.8 Å². The van der Waals surface area contributed by atoms with E-state index in [0.29, 0.717) is 0 Å². The number of sulfone groups is 1. The van der Waals surface area contributed by atoms with Gasteiger partial charge >= 0.3 is 0 Å². The van der Waals surface area contributed by atoms with Crippen molar-refractivity contribution in [2.24, 2.45) is 5.73 Å². The normalized spacial score (nSPS) is 25.3. The first-order chi connectivity index (χ1) is 9.78. The Morgan fingerprint density at radius 1 is 1.24 bits per heavy atom. The molecule has 118 valence electrons. The summed E-state index contributed by atoms with van der Waals surface area (Å²) in [5.74, 6) is -0.816. The second-order valence-corrected chi connectivity index (χ2v) is 8.97. The second kappa shape index (κ2) is 6.01. The van der Waals surface area contributed by atoms with E-state index >= 15 is 0 Å². The maximum absolute atomic E-state index is 12.6. The Morgan fingerprint density at radius 3 is 2.33 bits per heavy atom. The van der Waals surface area contributed by atoms with Gasteiger partial charge in [0.1, 0.15) is 0 Å². The van der Waals surface area contributed by atoms with Crippen LogP contribution < -0.4 is 5.73 Å². The van der Waals surface area contributed by atoms with Crippen molar-refractivity contribution in [2.75, 3.05) is 24.6 Å². The van der Waals surface area contributed by atoms with Gasteiger partial charge in [-0.2, -0.15) is 4.31 Å². The molecule has 0 bridgehead atoms. The largest absolute Gasteiger partial charge is 0.390 e. The lowest BCUT2D eigenvalue weighted by Gasteiger charge is -2.28. The molecule has 0 saturated carbocycles. The minimum Gasteiger partial charge on any atom is -0.390 e. The molecular weight excluding hydrogens is 316 g/mol. The summed E-state index contributed by atoms with van der Waals surface area (Å²) in [5.41, 5.74) is 5.45. The van der Waals surface area contributed by atoms with E-state index in [9.17, 15) is 21.9 Å². The average molecular weight is 334 g/mol. The van der Waals surface area contributed by atoms with Crippen LogP contribution in [0.4, 0.5) is 0 Å². The molecule has 2 atom stereocenters. The molecule has 1 aliphatic heterocycles. The van der Waals surface area contributed by atoms with Gasteiger partial charge in [0.05, 0.1) is 28.5 Å². The molecule has 1 aliphatic rings. The summed E-state index contributed by atoms with van der Waals surface area (Å²) in [7, 11) is -7.35. The van der Waals surface area contributed by atoms with Gasteiger partial charge in [-0.3, -0.25) is 0 Å². The summed E-state index contributed by atoms with van der Waals surface area (Å²) >= 11 is 0. The number of aliphatic hydroxyl groups excluding tert-OH is 1. The number of rotatable bonds is 5. The lowest BCUT2D eigenvalue weighted by Crippen LogP contribution is -2.48. The van der Waals surface area contributed by atoms with Gasteiger partial charge in [0.25, 0.3) is 0 Å². The summed E-state index contributed by atoms with van der Waals surface area (Å²) in [6, 6.07) is 6.69. The maximum Gasteiger partial charge on any atom is 0.243 e. The third kappa shape index (κ3) is 3.43. The van der Waals surface area contributed by atoms with Crippen LogP contribution in [-0.4, -0.2) is 63.0 Å². The van der Waals surface area contributed by atoms with Crippen LogP contribution in [0.3, 0.4) is 0 Å². The van der Waals surface area contributed by atoms with Gasteiger partial charge in [-0.15, -0.1) is 0 Å². The number of hydrogen-bond acceptors (Lipinski definition) is 6. The first kappa shape index (κ1) is 16.4. The fourth-order valence-electron chi connectivity index (χ4n) is 2.40. The quantitative estimate of drug-likeness (QED) is 0.698. The predicted molar refractivity (Wildman–Crippen MR) is 77.8 cm³/mol. The third-order valence-corrected chi connectivity index (χ3v) is 7.00. The van der Waals surface area contributed by atoms with E-state index in [0.717, 1.165) is 4.31 Å². The van der Waals surface area contributed by atoms with Crippen molar-refractivity contribution in [1.82, 2.24) is 4.31 Å². The van der Waals surface area contributed by atoms with E-state index in [4.69, 9.17) is 5.73 Å². The smallest absolute Gasteiger partial charge is 0.243 e. The Kier molecular flexibility index (Phi) is 4.69. The third-order valence-electron chi connectivity index (χ3n) is 3.36. The number of hydrogen-bond donors (Lipinski definition) is 2. The summed E-state index contributed by atoms with van der Waals surface area (Å²) in [6.45, 7) is -0.0101. The van der Waals surface area contributed by atoms with E-state index in [1.807, 2.05) is 0 Å². The molecule has 0 aliphatic carbocycles. The fraction of sp³-hybridized carbons (Fsp3) is 0.500. The maximum atomic E-state index is 12.6. The Morgan fingerprint density at radius 2 is 1.86 bits per heavy atom. The first-order valence-corrected chi connectivity index (χ1v) is 9.69. The lowest BCUT2D eigenvalue weighted by atomic mass is 10.2. The van der Waals surface area contributed by atoms with E-state index in [1.54, 1.807) is 18.2 Å². The summed E-state index contributed by atoms with van der Waals surface area (Å²) < 4.78 is 49.5. The van der Waals surface area contributed by atoms with Crippen molar-refractivity contribution >= 4 is 19.9 Å². The van der Waals surface area contributed by atoms with Gasteiger partial charge in [0.2, 0.25) is 10.0 Å². The van der Waals surface area contributed by atoms with Crippen LogP contribution in [0.5, 0.6) is 0 Å². The predicted octanol–water partition coefficient (Wildman–Crippen LogP) is -1.21. The summed E-state index contributed by atoms with van der Waals surface area (Å²) in [4.78, 5) is 0.0509. The van der Waals surface area contributed by atoms with Crippen LogP contribution in [0, 0.1) is 0 Å². The highest BCUT2D eigenvalue weighted by Crippen LogP contribution is 2.24. The van der Waals surface area contributed by atoms with Crippen LogP contribution in [0.25, 0.3) is 0 Å². The Hall–Kier alpha value is -1.00. The second-order valence-electron chi connectivity index (χ2n) is 4.93. The molecule has 0 radical (unpaired) electrons. The van der Waals surface area contributed by atoms with Crippen LogP contribution in [0.15, 0.2) is 35.2 Å². The molecule has 0 unspecified atom stereocenters.